The highest BCUT2D eigenvalue weighted by molar-refractivity contribution is 5.85. The molecule has 0 aromatic heterocycles. The summed E-state index contributed by atoms with van der Waals surface area (Å²) in [7, 11) is 0. The summed E-state index contributed by atoms with van der Waals surface area (Å²) in [6.07, 6.45) is 0. The van der Waals surface area contributed by atoms with Crippen molar-refractivity contribution in [2.75, 3.05) is 26.2 Å². The van der Waals surface area contributed by atoms with Gasteiger partial charge in [-0.25, -0.2) is 0 Å². The van der Waals surface area contributed by atoms with Crippen LogP contribution in [0, 0.1) is 0 Å². The van der Waals surface area contributed by atoms with Gasteiger partial charge in [-0.15, -0.1) is 24.8 Å². The van der Waals surface area contributed by atoms with Crippen molar-refractivity contribution in [3.8, 4) is 0 Å². The van der Waals surface area contributed by atoms with E-state index in [9.17, 15) is 0 Å². The second kappa shape index (κ2) is 7.57. The smallest absolute Gasteiger partial charge is 0.0315 e. The maximum Gasteiger partial charge on any atom is 0.0315 e. The van der Waals surface area contributed by atoms with Gasteiger partial charge in [0.2, 0.25) is 0 Å². The van der Waals surface area contributed by atoms with Gasteiger partial charge in [-0.1, -0.05) is 0 Å². The third kappa shape index (κ3) is 4.30. The lowest BCUT2D eigenvalue weighted by Crippen LogP contribution is -2.51. The van der Waals surface area contributed by atoms with Crippen LogP contribution in [0.25, 0.3) is 0 Å². The molecule has 0 saturated carbocycles. The predicted octanol–water partition coefficient (Wildman–Crippen LogP) is -0.650. The molecule has 0 amide bonds. The molecule has 1 saturated heterocycles. The number of rotatable bonds is 1. The Morgan fingerprint density at radius 1 is 1.30 bits per heavy atom. The largest absolute Gasteiger partial charge is 0.329 e. The van der Waals surface area contributed by atoms with Crippen LogP contribution in [-0.4, -0.2) is 32.2 Å². The number of hydrogen-bond acceptors (Lipinski definition) is 3. The lowest BCUT2D eigenvalue weighted by Gasteiger charge is -2.22. The Labute approximate surface area is 73.9 Å². The minimum atomic E-state index is 0. The Morgan fingerprint density at radius 2 is 2.00 bits per heavy atom. The molecule has 3 nitrogen and oxygen atoms in total. The molecule has 10 heavy (non-hydrogen) atoms. The maximum absolute atomic E-state index is 5.40. The monoisotopic (exact) mass is 187 g/mol. The highest BCUT2D eigenvalue weighted by atomic mass is 35.5. The van der Waals surface area contributed by atoms with Gasteiger partial charge < -0.3 is 16.4 Å². The molecular formula is C5H15Cl2N3. The zero-order valence-corrected chi connectivity index (χ0v) is 7.43. The van der Waals surface area contributed by atoms with Gasteiger partial charge in [-0.3, -0.25) is 0 Å². The molecule has 64 valence electrons. The molecule has 1 aliphatic heterocycles. The van der Waals surface area contributed by atoms with E-state index in [-0.39, 0.29) is 24.8 Å². The average molecular weight is 188 g/mol. The van der Waals surface area contributed by atoms with Crippen LogP contribution in [0.1, 0.15) is 0 Å². The molecule has 1 fully saturated rings. The fraction of sp³-hybridized carbons (Fsp3) is 1.00. The SMILES string of the molecule is Cl.Cl.NCC1CNCCN1. The van der Waals surface area contributed by atoms with E-state index in [1.54, 1.807) is 0 Å². The van der Waals surface area contributed by atoms with Crippen molar-refractivity contribution in [2.45, 2.75) is 6.04 Å². The molecule has 1 heterocycles. The molecule has 0 aromatic carbocycles. The zero-order valence-electron chi connectivity index (χ0n) is 5.80. The Morgan fingerprint density at radius 3 is 2.30 bits per heavy atom. The topological polar surface area (TPSA) is 50.1 Å². The van der Waals surface area contributed by atoms with Crippen LogP contribution < -0.4 is 16.4 Å². The minimum absolute atomic E-state index is 0. The van der Waals surface area contributed by atoms with Crippen LogP contribution in [0.4, 0.5) is 0 Å². The second-order valence-electron chi connectivity index (χ2n) is 2.09. The van der Waals surface area contributed by atoms with Crippen molar-refractivity contribution >= 4 is 24.8 Å². The van der Waals surface area contributed by atoms with Crippen molar-refractivity contribution in [1.29, 1.82) is 0 Å². The van der Waals surface area contributed by atoms with Crippen molar-refractivity contribution in [2.24, 2.45) is 5.73 Å². The van der Waals surface area contributed by atoms with Crippen LogP contribution in [0.5, 0.6) is 0 Å². The lowest BCUT2D eigenvalue weighted by atomic mass is 10.2. The van der Waals surface area contributed by atoms with Crippen LogP contribution >= 0.6 is 24.8 Å². The average Bonchev–Trinajstić information content (AvgIpc) is 1.90. The lowest BCUT2D eigenvalue weighted by molar-refractivity contribution is 0.425. The highest BCUT2D eigenvalue weighted by Crippen LogP contribution is 1.80. The zero-order chi connectivity index (χ0) is 5.82. The molecule has 0 bridgehead atoms. The maximum atomic E-state index is 5.40. The standard InChI is InChI=1S/C5H13N3.2ClH/c6-3-5-4-7-1-2-8-5;;/h5,7-8H,1-4,6H2;2*1H. The highest BCUT2D eigenvalue weighted by Gasteiger charge is 2.07. The van der Waals surface area contributed by atoms with Gasteiger partial charge in [-0.2, -0.15) is 0 Å². The summed E-state index contributed by atoms with van der Waals surface area (Å²) in [5.41, 5.74) is 5.40. The quantitative estimate of drug-likeness (QED) is 0.512. The molecule has 0 spiro atoms. The summed E-state index contributed by atoms with van der Waals surface area (Å²) < 4.78 is 0. The molecule has 1 rings (SSSR count). The summed E-state index contributed by atoms with van der Waals surface area (Å²) in [4.78, 5) is 0. The molecule has 0 radical (unpaired) electrons. The first-order chi connectivity index (χ1) is 3.93. The van der Waals surface area contributed by atoms with E-state index in [0.717, 1.165) is 26.2 Å². The first kappa shape index (κ1) is 13.1. The van der Waals surface area contributed by atoms with E-state index in [4.69, 9.17) is 5.73 Å². The number of nitrogens with one attached hydrogen (secondary N) is 2. The van der Waals surface area contributed by atoms with Crippen molar-refractivity contribution in [1.82, 2.24) is 10.6 Å². The summed E-state index contributed by atoms with van der Waals surface area (Å²) in [5.74, 6) is 0. The summed E-state index contributed by atoms with van der Waals surface area (Å²) >= 11 is 0. The van der Waals surface area contributed by atoms with Gasteiger partial charge in [0.25, 0.3) is 0 Å². The molecule has 5 heteroatoms. The Hall–Kier alpha value is 0.460. The van der Waals surface area contributed by atoms with Crippen LogP contribution in [0.2, 0.25) is 0 Å². The van der Waals surface area contributed by atoms with E-state index in [2.05, 4.69) is 10.6 Å². The number of nitrogens with two attached hydrogens (primary N) is 1. The molecule has 1 atom stereocenters. The van der Waals surface area contributed by atoms with Gasteiger partial charge in [0.15, 0.2) is 0 Å². The van der Waals surface area contributed by atoms with Gasteiger partial charge in [-0.05, 0) is 0 Å². The summed E-state index contributed by atoms with van der Waals surface area (Å²) in [5, 5.41) is 6.52. The first-order valence-corrected chi connectivity index (χ1v) is 3.07. The van der Waals surface area contributed by atoms with E-state index in [0.29, 0.717) is 6.04 Å². The number of halogens is 2. The van der Waals surface area contributed by atoms with E-state index in [1.165, 1.54) is 0 Å². The van der Waals surface area contributed by atoms with Crippen LogP contribution in [0.15, 0.2) is 0 Å². The summed E-state index contributed by atoms with van der Waals surface area (Å²) in [6.45, 7) is 3.90. The van der Waals surface area contributed by atoms with Gasteiger partial charge in [0.05, 0.1) is 0 Å². The van der Waals surface area contributed by atoms with Crippen molar-refractivity contribution < 1.29 is 0 Å². The number of piperazine rings is 1. The minimum Gasteiger partial charge on any atom is -0.329 e. The molecular weight excluding hydrogens is 173 g/mol. The van der Waals surface area contributed by atoms with Gasteiger partial charge in [0.1, 0.15) is 0 Å². The molecule has 0 aromatic rings. The first-order valence-electron chi connectivity index (χ1n) is 3.07. The normalized spacial score (nSPS) is 24.3. The molecule has 1 aliphatic rings. The van der Waals surface area contributed by atoms with E-state index < -0.39 is 0 Å². The van der Waals surface area contributed by atoms with Crippen LogP contribution in [-0.2, 0) is 0 Å². The Bertz CT molecular complexity index is 65.9. The van der Waals surface area contributed by atoms with Crippen molar-refractivity contribution in [3.05, 3.63) is 0 Å². The Balaban J connectivity index is 0. The number of hydrogen-bond donors (Lipinski definition) is 3. The summed E-state index contributed by atoms with van der Waals surface area (Å²) in [6, 6.07) is 0.503. The van der Waals surface area contributed by atoms with Crippen molar-refractivity contribution in [3.63, 3.8) is 0 Å². The van der Waals surface area contributed by atoms with Crippen LogP contribution in [0.3, 0.4) is 0 Å². The Kier molecular flexibility index (Phi) is 9.90. The molecule has 4 N–H and O–H groups in total. The van der Waals surface area contributed by atoms with E-state index in [1.807, 2.05) is 0 Å². The van der Waals surface area contributed by atoms with E-state index >= 15 is 0 Å². The molecule has 1 unspecified atom stereocenters. The fourth-order valence-corrected chi connectivity index (χ4v) is 0.880. The fourth-order valence-electron chi connectivity index (χ4n) is 0.880. The third-order valence-corrected chi connectivity index (χ3v) is 1.41. The second-order valence-corrected chi connectivity index (χ2v) is 2.09. The van der Waals surface area contributed by atoms with Gasteiger partial charge >= 0.3 is 0 Å². The molecule has 0 aliphatic carbocycles. The third-order valence-electron chi connectivity index (χ3n) is 1.41. The van der Waals surface area contributed by atoms with Gasteiger partial charge in [0, 0.05) is 32.2 Å². The predicted molar refractivity (Wildman–Crippen MR) is 48.2 cm³/mol.